The number of ketones is 2. The molecule has 3 aliphatic carbocycles. The molecule has 0 spiro atoms. The number of rotatable bonds is 9. The standard InChI is InChI=1S/C33H40N4O8/c1-36(2)11-10-35-15-16-6-9-23(45-5)19(12-16)18-7-8-22(38)25-20(18)13-17-14-21-27(37(3)4)29(40)26(32(34)43)31(42)33(21,44)30(41)24(17)28(25)39/h6-9,12,17,21,27,35,38,40-41,44H,10-11,13-15H2,1-5H3,(H2,34,43)/t17-,21-,27?,33-/m1/s1. The highest BCUT2D eigenvalue weighted by Gasteiger charge is 2.63. The summed E-state index contributed by atoms with van der Waals surface area (Å²) in [4.78, 5) is 43.5. The molecule has 5 rings (SSSR count). The summed E-state index contributed by atoms with van der Waals surface area (Å²) in [6.07, 6.45) is 0.181. The second-order valence-electron chi connectivity index (χ2n) is 12.5. The summed E-state index contributed by atoms with van der Waals surface area (Å²) >= 11 is 0. The van der Waals surface area contributed by atoms with Gasteiger partial charge in [0, 0.05) is 36.7 Å². The number of carbonyl (C=O) groups is 3. The number of amides is 1. The molecule has 0 fully saturated rings. The van der Waals surface area contributed by atoms with Crippen LogP contribution in [0.4, 0.5) is 0 Å². The second kappa shape index (κ2) is 11.9. The van der Waals surface area contributed by atoms with Crippen molar-refractivity contribution in [2.24, 2.45) is 17.6 Å². The molecule has 4 atom stereocenters. The van der Waals surface area contributed by atoms with Gasteiger partial charge in [-0.3, -0.25) is 19.3 Å². The lowest BCUT2D eigenvalue weighted by Crippen LogP contribution is -2.63. The van der Waals surface area contributed by atoms with E-state index < -0.39 is 58.0 Å². The fourth-order valence-corrected chi connectivity index (χ4v) is 7.11. The van der Waals surface area contributed by atoms with Crippen LogP contribution in [-0.2, 0) is 22.6 Å². The van der Waals surface area contributed by atoms with E-state index in [1.807, 2.05) is 32.3 Å². The first-order valence-corrected chi connectivity index (χ1v) is 14.8. The Bertz CT molecular complexity index is 1650. The minimum atomic E-state index is -2.69. The van der Waals surface area contributed by atoms with Crippen LogP contribution >= 0.6 is 0 Å². The van der Waals surface area contributed by atoms with Gasteiger partial charge in [0.15, 0.2) is 11.4 Å². The molecule has 2 aromatic carbocycles. The molecule has 12 heteroatoms. The third-order valence-corrected chi connectivity index (χ3v) is 9.22. The monoisotopic (exact) mass is 620 g/mol. The van der Waals surface area contributed by atoms with Crippen LogP contribution < -0.4 is 15.8 Å². The van der Waals surface area contributed by atoms with Gasteiger partial charge in [-0.2, -0.15) is 0 Å². The number of allylic oxidation sites excluding steroid dienone is 1. The van der Waals surface area contributed by atoms with Gasteiger partial charge in [0.25, 0.3) is 5.91 Å². The van der Waals surface area contributed by atoms with Gasteiger partial charge in [-0.1, -0.05) is 12.1 Å². The van der Waals surface area contributed by atoms with Crippen molar-refractivity contribution in [3.63, 3.8) is 0 Å². The van der Waals surface area contributed by atoms with Gasteiger partial charge in [0.2, 0.25) is 5.78 Å². The Hall–Kier alpha value is -4.23. The molecule has 12 nitrogen and oxygen atoms in total. The third-order valence-electron chi connectivity index (χ3n) is 9.22. The van der Waals surface area contributed by atoms with Gasteiger partial charge in [-0.05, 0) is 81.8 Å². The van der Waals surface area contributed by atoms with E-state index >= 15 is 0 Å². The molecule has 3 aliphatic rings. The van der Waals surface area contributed by atoms with Gasteiger partial charge in [-0.25, -0.2) is 0 Å². The number of aliphatic hydroxyl groups is 3. The number of hydrogen-bond acceptors (Lipinski definition) is 11. The minimum absolute atomic E-state index is 0.00777. The normalized spacial score (nSPS) is 24.6. The lowest BCUT2D eigenvalue weighted by Gasteiger charge is -2.50. The van der Waals surface area contributed by atoms with Crippen LogP contribution in [0.2, 0.25) is 0 Å². The zero-order chi connectivity index (χ0) is 33.0. The number of primary amides is 1. The molecule has 45 heavy (non-hydrogen) atoms. The fraction of sp³-hybridized carbons (Fsp3) is 0.424. The Kier molecular flexibility index (Phi) is 8.53. The van der Waals surface area contributed by atoms with Crippen LogP contribution in [0.5, 0.6) is 11.5 Å². The number of phenolic OH excluding ortho intramolecular Hbond substituents is 1. The molecule has 1 amide bonds. The third kappa shape index (κ3) is 5.17. The van der Waals surface area contributed by atoms with Crippen LogP contribution in [0.15, 0.2) is 53.0 Å². The fourth-order valence-electron chi connectivity index (χ4n) is 7.11. The largest absolute Gasteiger partial charge is 0.510 e. The number of phenols is 1. The molecule has 2 aromatic rings. The lowest BCUT2D eigenvalue weighted by atomic mass is 9.58. The van der Waals surface area contributed by atoms with Gasteiger partial charge in [-0.15, -0.1) is 0 Å². The molecule has 0 heterocycles. The number of nitrogens with one attached hydrogen (secondary N) is 1. The first-order chi connectivity index (χ1) is 21.2. The number of ether oxygens (including phenoxy) is 1. The van der Waals surface area contributed by atoms with Crippen molar-refractivity contribution in [3.05, 3.63) is 69.7 Å². The van der Waals surface area contributed by atoms with Crippen LogP contribution in [0.3, 0.4) is 0 Å². The number of hydrogen-bond donors (Lipinski definition) is 6. The average molecular weight is 621 g/mol. The number of Topliss-reactive ketones (excluding diaryl/α,β-unsaturated/α-hetero) is 2. The maximum absolute atomic E-state index is 14.1. The van der Waals surface area contributed by atoms with Crippen molar-refractivity contribution >= 4 is 17.5 Å². The number of carbonyl (C=O) groups excluding carboxylic acids is 3. The number of aromatic hydroxyl groups is 1. The Morgan fingerprint density at radius 1 is 1.09 bits per heavy atom. The van der Waals surface area contributed by atoms with E-state index in [1.54, 1.807) is 27.3 Å². The van der Waals surface area contributed by atoms with Crippen molar-refractivity contribution < 1.29 is 39.5 Å². The topological polar surface area (TPSA) is 186 Å². The zero-order valence-electron chi connectivity index (χ0n) is 26.0. The molecule has 0 radical (unpaired) electrons. The van der Waals surface area contributed by atoms with Crippen LogP contribution in [0.1, 0.15) is 27.9 Å². The molecule has 0 saturated carbocycles. The summed E-state index contributed by atoms with van der Waals surface area (Å²) in [7, 11) is 8.74. The highest BCUT2D eigenvalue weighted by molar-refractivity contribution is 6.25. The smallest absolute Gasteiger partial charge is 0.255 e. The van der Waals surface area contributed by atoms with Gasteiger partial charge in [0.05, 0.1) is 18.7 Å². The number of nitrogens with two attached hydrogens (primary N) is 1. The number of likely N-dealkylation sites (N-methyl/N-ethyl adjacent to an activating group) is 2. The highest BCUT2D eigenvalue weighted by atomic mass is 16.5. The highest BCUT2D eigenvalue weighted by Crippen LogP contribution is 2.53. The number of nitrogens with zero attached hydrogens (tertiary/aromatic N) is 2. The summed E-state index contributed by atoms with van der Waals surface area (Å²) < 4.78 is 5.69. The lowest BCUT2D eigenvalue weighted by molar-refractivity contribution is -0.148. The zero-order valence-corrected chi connectivity index (χ0v) is 26.0. The van der Waals surface area contributed by atoms with Crippen molar-refractivity contribution in [3.8, 4) is 22.6 Å². The molecule has 240 valence electrons. The Labute approximate surface area is 261 Å². The van der Waals surface area contributed by atoms with E-state index in [0.717, 1.165) is 18.7 Å². The van der Waals surface area contributed by atoms with Crippen LogP contribution in [0, 0.1) is 11.8 Å². The summed E-state index contributed by atoms with van der Waals surface area (Å²) in [6, 6.07) is 7.82. The molecule has 7 N–H and O–H groups in total. The summed E-state index contributed by atoms with van der Waals surface area (Å²) in [5.74, 6) is -6.30. The van der Waals surface area contributed by atoms with Crippen LogP contribution in [0.25, 0.3) is 11.1 Å². The minimum Gasteiger partial charge on any atom is -0.510 e. The van der Waals surface area contributed by atoms with Crippen molar-refractivity contribution in [2.45, 2.75) is 31.0 Å². The molecule has 1 unspecified atom stereocenters. The molecule has 0 aliphatic heterocycles. The van der Waals surface area contributed by atoms with Gasteiger partial charge < -0.3 is 41.1 Å². The van der Waals surface area contributed by atoms with Crippen molar-refractivity contribution in [1.82, 2.24) is 15.1 Å². The SMILES string of the molecule is COc1ccc(CNCCN(C)C)cc1-c1ccc(O)c2c1C[C@@H]1C[C@@H]3C(N(C)C)C(O)=C(C(N)=O)C(=O)[C@]3(O)C(O)=C1C2=O. The average Bonchev–Trinajstić information content (AvgIpc) is 2.97. The van der Waals surface area contributed by atoms with Gasteiger partial charge >= 0.3 is 0 Å². The number of aliphatic hydroxyl groups excluding tert-OH is 2. The van der Waals surface area contributed by atoms with Crippen molar-refractivity contribution in [1.29, 1.82) is 0 Å². The van der Waals surface area contributed by atoms with Crippen molar-refractivity contribution in [2.75, 3.05) is 48.4 Å². The Morgan fingerprint density at radius 2 is 1.80 bits per heavy atom. The molecular weight excluding hydrogens is 580 g/mol. The molecular formula is C33H40N4O8. The Morgan fingerprint density at radius 3 is 2.42 bits per heavy atom. The summed E-state index contributed by atoms with van der Waals surface area (Å²) in [5.41, 5.74) is 4.52. The second-order valence-corrected chi connectivity index (χ2v) is 12.5. The molecule has 0 aromatic heterocycles. The van der Waals surface area contributed by atoms with E-state index in [4.69, 9.17) is 10.5 Å². The van der Waals surface area contributed by atoms with E-state index in [0.29, 0.717) is 29.0 Å². The van der Waals surface area contributed by atoms with E-state index in [-0.39, 0.29) is 29.7 Å². The number of benzene rings is 2. The first-order valence-electron chi connectivity index (χ1n) is 14.8. The Balaban J connectivity index is 1.63. The number of fused-ring (bicyclic) bond motifs is 3. The molecule has 0 saturated heterocycles. The predicted molar refractivity (Wildman–Crippen MR) is 166 cm³/mol. The first kappa shape index (κ1) is 32.2. The number of methoxy groups -OCH3 is 1. The van der Waals surface area contributed by atoms with E-state index in [1.165, 1.54) is 11.0 Å². The maximum Gasteiger partial charge on any atom is 0.255 e. The predicted octanol–water partition coefficient (Wildman–Crippen LogP) is 1.45. The molecule has 0 bridgehead atoms. The van der Waals surface area contributed by atoms with E-state index in [9.17, 15) is 34.8 Å². The van der Waals surface area contributed by atoms with Gasteiger partial charge in [0.1, 0.15) is 28.6 Å². The van der Waals surface area contributed by atoms with E-state index in [2.05, 4.69) is 10.2 Å². The maximum atomic E-state index is 14.1. The quantitative estimate of drug-likeness (QED) is 0.176. The summed E-state index contributed by atoms with van der Waals surface area (Å²) in [5, 5.41) is 48.7. The summed E-state index contributed by atoms with van der Waals surface area (Å²) in [6.45, 7) is 2.25. The van der Waals surface area contributed by atoms with Crippen LogP contribution in [-0.4, -0.2) is 108 Å².